The molecular weight excluding hydrogens is 220 g/mol. The van der Waals surface area contributed by atoms with Crippen molar-refractivity contribution in [2.24, 2.45) is 11.7 Å². The summed E-state index contributed by atoms with van der Waals surface area (Å²) in [6.07, 6.45) is 3.55. The van der Waals surface area contributed by atoms with Crippen LogP contribution in [0.5, 0.6) is 0 Å². The van der Waals surface area contributed by atoms with Gasteiger partial charge in [-0.2, -0.15) is 0 Å². The first-order valence-corrected chi connectivity index (χ1v) is 7.13. The summed E-state index contributed by atoms with van der Waals surface area (Å²) in [5.41, 5.74) is 7.99. The third-order valence-electron chi connectivity index (χ3n) is 3.75. The highest BCUT2D eigenvalue weighted by atomic mass is 15.2. The van der Waals surface area contributed by atoms with Crippen LogP contribution in [0.3, 0.4) is 0 Å². The largest absolute Gasteiger partial charge is 0.324 e. The fourth-order valence-electron chi connectivity index (χ4n) is 3.21. The Labute approximate surface area is 111 Å². The summed E-state index contributed by atoms with van der Waals surface area (Å²) in [7, 11) is 0. The summed E-state index contributed by atoms with van der Waals surface area (Å²) in [6, 6.07) is 10.7. The number of rotatable bonds is 4. The van der Waals surface area contributed by atoms with Crippen LogP contribution in [0, 0.1) is 5.92 Å². The van der Waals surface area contributed by atoms with Crippen molar-refractivity contribution in [2.45, 2.75) is 45.2 Å². The first kappa shape index (κ1) is 13.6. The summed E-state index contributed by atoms with van der Waals surface area (Å²) in [5, 5.41) is 0. The van der Waals surface area contributed by atoms with E-state index in [1.165, 1.54) is 24.9 Å². The monoisotopic (exact) mass is 246 g/mol. The number of nitrogens with two attached hydrogens (primary N) is 1. The molecule has 1 aliphatic heterocycles. The zero-order chi connectivity index (χ0) is 13.0. The van der Waals surface area contributed by atoms with Crippen LogP contribution < -0.4 is 5.73 Å². The van der Waals surface area contributed by atoms with E-state index in [9.17, 15) is 0 Å². The highest BCUT2D eigenvalue weighted by Crippen LogP contribution is 2.26. The SMILES string of the molecule is CC(C)CC1(N)CCCN(Cc2ccccc2)C1. The zero-order valence-corrected chi connectivity index (χ0v) is 11.7. The van der Waals surface area contributed by atoms with E-state index in [1.54, 1.807) is 0 Å². The molecule has 2 nitrogen and oxygen atoms in total. The van der Waals surface area contributed by atoms with Gasteiger partial charge < -0.3 is 5.73 Å². The van der Waals surface area contributed by atoms with Gasteiger partial charge in [-0.15, -0.1) is 0 Å². The summed E-state index contributed by atoms with van der Waals surface area (Å²) in [6.45, 7) is 7.80. The van der Waals surface area contributed by atoms with Gasteiger partial charge in [-0.05, 0) is 37.3 Å². The molecular formula is C16H26N2. The molecule has 0 spiro atoms. The van der Waals surface area contributed by atoms with Gasteiger partial charge in [0.25, 0.3) is 0 Å². The first-order valence-electron chi connectivity index (χ1n) is 7.13. The van der Waals surface area contributed by atoms with Crippen LogP contribution in [0.25, 0.3) is 0 Å². The molecule has 1 saturated heterocycles. The average molecular weight is 246 g/mol. The molecule has 0 aromatic heterocycles. The first-order chi connectivity index (χ1) is 8.57. The van der Waals surface area contributed by atoms with Crippen molar-refractivity contribution in [2.75, 3.05) is 13.1 Å². The maximum atomic E-state index is 6.56. The van der Waals surface area contributed by atoms with Crippen LogP contribution in [0.2, 0.25) is 0 Å². The van der Waals surface area contributed by atoms with Crippen LogP contribution in [-0.2, 0) is 6.54 Å². The Hall–Kier alpha value is -0.860. The van der Waals surface area contributed by atoms with E-state index < -0.39 is 0 Å². The van der Waals surface area contributed by atoms with E-state index in [4.69, 9.17) is 5.73 Å². The lowest BCUT2D eigenvalue weighted by Gasteiger charge is -2.41. The number of hydrogen-bond donors (Lipinski definition) is 1. The van der Waals surface area contributed by atoms with Crippen molar-refractivity contribution >= 4 is 0 Å². The van der Waals surface area contributed by atoms with Crippen molar-refractivity contribution in [3.8, 4) is 0 Å². The van der Waals surface area contributed by atoms with Gasteiger partial charge in [-0.3, -0.25) is 4.90 Å². The minimum absolute atomic E-state index is 0.0290. The highest BCUT2D eigenvalue weighted by molar-refractivity contribution is 5.14. The Bertz CT molecular complexity index is 361. The Morgan fingerprint density at radius 3 is 2.67 bits per heavy atom. The molecule has 1 aromatic rings. The van der Waals surface area contributed by atoms with Crippen LogP contribution in [0.15, 0.2) is 30.3 Å². The Morgan fingerprint density at radius 1 is 1.28 bits per heavy atom. The predicted octanol–water partition coefficient (Wildman–Crippen LogP) is 3.03. The van der Waals surface area contributed by atoms with Crippen molar-refractivity contribution in [1.82, 2.24) is 4.90 Å². The molecule has 0 aliphatic carbocycles. The van der Waals surface area contributed by atoms with Gasteiger partial charge in [-0.1, -0.05) is 44.2 Å². The van der Waals surface area contributed by atoms with Gasteiger partial charge in [0.15, 0.2) is 0 Å². The van der Waals surface area contributed by atoms with E-state index in [0.717, 1.165) is 19.5 Å². The molecule has 2 heteroatoms. The van der Waals surface area contributed by atoms with Gasteiger partial charge >= 0.3 is 0 Å². The fraction of sp³-hybridized carbons (Fsp3) is 0.625. The lowest BCUT2D eigenvalue weighted by atomic mass is 9.82. The second kappa shape index (κ2) is 5.85. The van der Waals surface area contributed by atoms with Crippen LogP contribution >= 0.6 is 0 Å². The minimum atomic E-state index is 0.0290. The molecule has 1 atom stereocenters. The van der Waals surface area contributed by atoms with Crippen molar-refractivity contribution in [1.29, 1.82) is 0 Å². The van der Waals surface area contributed by atoms with Gasteiger partial charge in [0.05, 0.1) is 0 Å². The number of piperidine rings is 1. The minimum Gasteiger partial charge on any atom is -0.324 e. The highest BCUT2D eigenvalue weighted by Gasteiger charge is 2.31. The molecule has 18 heavy (non-hydrogen) atoms. The maximum Gasteiger partial charge on any atom is 0.0286 e. The molecule has 0 radical (unpaired) electrons. The third kappa shape index (κ3) is 3.82. The molecule has 2 rings (SSSR count). The Balaban J connectivity index is 1.94. The summed E-state index contributed by atoms with van der Waals surface area (Å²) < 4.78 is 0. The van der Waals surface area contributed by atoms with Crippen LogP contribution in [-0.4, -0.2) is 23.5 Å². The molecule has 100 valence electrons. The molecule has 1 aromatic carbocycles. The van der Waals surface area contributed by atoms with Crippen molar-refractivity contribution in [3.05, 3.63) is 35.9 Å². The third-order valence-corrected chi connectivity index (χ3v) is 3.75. The van der Waals surface area contributed by atoms with Gasteiger partial charge in [0.2, 0.25) is 0 Å². The van der Waals surface area contributed by atoms with E-state index in [0.29, 0.717) is 5.92 Å². The predicted molar refractivity (Wildman–Crippen MR) is 77.3 cm³/mol. The van der Waals surface area contributed by atoms with E-state index in [2.05, 4.69) is 49.1 Å². The second-order valence-corrected chi connectivity index (χ2v) is 6.26. The molecule has 0 saturated carbocycles. The van der Waals surface area contributed by atoms with Crippen LogP contribution in [0.4, 0.5) is 0 Å². The Morgan fingerprint density at radius 2 is 2.00 bits per heavy atom. The van der Waals surface area contributed by atoms with E-state index in [-0.39, 0.29) is 5.54 Å². The molecule has 0 amide bonds. The second-order valence-electron chi connectivity index (χ2n) is 6.26. The fourth-order valence-corrected chi connectivity index (χ4v) is 3.21. The number of likely N-dealkylation sites (tertiary alicyclic amines) is 1. The molecule has 1 unspecified atom stereocenters. The summed E-state index contributed by atoms with van der Waals surface area (Å²) >= 11 is 0. The van der Waals surface area contributed by atoms with Gasteiger partial charge in [-0.25, -0.2) is 0 Å². The number of nitrogens with zero attached hydrogens (tertiary/aromatic N) is 1. The van der Waals surface area contributed by atoms with Crippen LogP contribution in [0.1, 0.15) is 38.7 Å². The molecule has 0 bridgehead atoms. The normalized spacial score (nSPS) is 25.6. The summed E-state index contributed by atoms with van der Waals surface area (Å²) in [4.78, 5) is 2.52. The maximum absolute atomic E-state index is 6.56. The average Bonchev–Trinajstić information content (AvgIpc) is 2.28. The zero-order valence-electron chi connectivity index (χ0n) is 11.7. The van der Waals surface area contributed by atoms with Gasteiger partial charge in [0.1, 0.15) is 0 Å². The van der Waals surface area contributed by atoms with Crippen molar-refractivity contribution in [3.63, 3.8) is 0 Å². The molecule has 1 aliphatic rings. The lowest BCUT2D eigenvalue weighted by molar-refractivity contribution is 0.127. The molecule has 1 fully saturated rings. The quantitative estimate of drug-likeness (QED) is 0.885. The van der Waals surface area contributed by atoms with Gasteiger partial charge in [0, 0.05) is 18.6 Å². The number of benzene rings is 1. The van der Waals surface area contributed by atoms with E-state index in [1.807, 2.05) is 0 Å². The number of hydrogen-bond acceptors (Lipinski definition) is 2. The molecule has 2 N–H and O–H groups in total. The topological polar surface area (TPSA) is 29.3 Å². The van der Waals surface area contributed by atoms with Crippen molar-refractivity contribution < 1.29 is 0 Å². The van der Waals surface area contributed by atoms with E-state index >= 15 is 0 Å². The smallest absolute Gasteiger partial charge is 0.0286 e. The standard InChI is InChI=1S/C16H26N2/c1-14(2)11-16(17)9-6-10-18(13-16)12-15-7-4-3-5-8-15/h3-5,7-8,14H,6,9-13,17H2,1-2H3. The Kier molecular flexibility index (Phi) is 4.41. The lowest BCUT2D eigenvalue weighted by Crippen LogP contribution is -2.54. The summed E-state index contributed by atoms with van der Waals surface area (Å²) in [5.74, 6) is 0.687. The molecule has 1 heterocycles.